The van der Waals surface area contributed by atoms with E-state index in [0.29, 0.717) is 6.54 Å². The van der Waals surface area contributed by atoms with Gasteiger partial charge >= 0.3 is 0 Å². The molecule has 0 bridgehead atoms. The van der Waals surface area contributed by atoms with E-state index in [1.54, 1.807) is 0 Å². The molecule has 20 heavy (non-hydrogen) atoms. The van der Waals surface area contributed by atoms with Gasteiger partial charge in [0.1, 0.15) is 0 Å². The minimum Gasteiger partial charge on any atom is -0.376 e. The molecule has 0 aromatic heterocycles. The molecule has 1 aromatic rings. The predicted octanol–water partition coefficient (Wildman–Crippen LogP) is 3.41. The van der Waals surface area contributed by atoms with Gasteiger partial charge < -0.3 is 10.2 Å². The van der Waals surface area contributed by atoms with Crippen molar-refractivity contribution in [3.05, 3.63) is 29.8 Å². The number of carbonyl (C=O) groups is 1. The summed E-state index contributed by atoms with van der Waals surface area (Å²) in [6.45, 7) is 8.82. The molecule has 3 heteroatoms. The molecule has 0 atom stereocenters. The van der Waals surface area contributed by atoms with Crippen molar-refractivity contribution >= 4 is 11.6 Å². The summed E-state index contributed by atoms with van der Waals surface area (Å²) in [6, 6.07) is 8.26. The maximum absolute atomic E-state index is 12.2. The lowest BCUT2D eigenvalue weighted by Crippen LogP contribution is -2.39. The number of anilines is 1. The Labute approximate surface area is 122 Å². The van der Waals surface area contributed by atoms with Crippen LogP contribution in [0.2, 0.25) is 0 Å². The van der Waals surface area contributed by atoms with Gasteiger partial charge in [0, 0.05) is 18.8 Å². The number of nitrogens with zero attached hydrogens (tertiary/aromatic N) is 1. The summed E-state index contributed by atoms with van der Waals surface area (Å²) in [4.78, 5) is 14.2. The van der Waals surface area contributed by atoms with Crippen LogP contribution in [0.4, 0.5) is 5.69 Å². The standard InChI is InChI=1S/C17H26N2O/c1-17(2,3)14-9-5-6-10-15(14)18-13-16(20)19-11-7-4-8-12-19/h5-6,9-10,18H,4,7-8,11-13H2,1-3H3. The van der Waals surface area contributed by atoms with Crippen LogP contribution >= 0.6 is 0 Å². The monoisotopic (exact) mass is 274 g/mol. The molecule has 110 valence electrons. The van der Waals surface area contributed by atoms with Crippen molar-refractivity contribution in [2.45, 2.75) is 45.4 Å². The molecule has 1 amide bonds. The third kappa shape index (κ3) is 3.75. The van der Waals surface area contributed by atoms with Crippen molar-refractivity contribution in [1.82, 2.24) is 4.90 Å². The minimum absolute atomic E-state index is 0.0811. The molecule has 1 heterocycles. The Morgan fingerprint density at radius 2 is 1.80 bits per heavy atom. The number of nitrogens with one attached hydrogen (secondary N) is 1. The molecule has 2 rings (SSSR count). The molecule has 1 aliphatic heterocycles. The topological polar surface area (TPSA) is 32.3 Å². The van der Waals surface area contributed by atoms with Gasteiger partial charge in [0.25, 0.3) is 0 Å². The number of rotatable bonds is 3. The molecule has 1 saturated heterocycles. The number of likely N-dealkylation sites (tertiary alicyclic amines) is 1. The van der Waals surface area contributed by atoms with E-state index in [1.807, 2.05) is 11.0 Å². The van der Waals surface area contributed by atoms with Crippen LogP contribution in [0, 0.1) is 0 Å². The largest absolute Gasteiger partial charge is 0.376 e. The molecule has 1 aliphatic rings. The Morgan fingerprint density at radius 1 is 1.15 bits per heavy atom. The maximum Gasteiger partial charge on any atom is 0.241 e. The second-order valence-corrected chi connectivity index (χ2v) is 6.59. The molecule has 0 unspecified atom stereocenters. The Bertz CT molecular complexity index is 456. The average molecular weight is 274 g/mol. The highest BCUT2D eigenvalue weighted by Gasteiger charge is 2.19. The van der Waals surface area contributed by atoms with Crippen LogP contribution in [0.15, 0.2) is 24.3 Å². The molecule has 0 spiro atoms. The van der Waals surface area contributed by atoms with Gasteiger partial charge in [-0.2, -0.15) is 0 Å². The van der Waals surface area contributed by atoms with Gasteiger partial charge in [-0.15, -0.1) is 0 Å². The van der Waals surface area contributed by atoms with Gasteiger partial charge in [-0.3, -0.25) is 4.79 Å². The van der Waals surface area contributed by atoms with Crippen molar-refractivity contribution in [1.29, 1.82) is 0 Å². The number of amides is 1. The van der Waals surface area contributed by atoms with Crippen LogP contribution in [0.3, 0.4) is 0 Å². The zero-order valence-corrected chi connectivity index (χ0v) is 12.9. The molecule has 1 fully saturated rings. The van der Waals surface area contributed by atoms with Crippen LogP contribution in [0.25, 0.3) is 0 Å². The average Bonchev–Trinajstić information content (AvgIpc) is 2.45. The van der Waals surface area contributed by atoms with Crippen LogP contribution in [0.5, 0.6) is 0 Å². The van der Waals surface area contributed by atoms with E-state index in [4.69, 9.17) is 0 Å². The SMILES string of the molecule is CC(C)(C)c1ccccc1NCC(=O)N1CCCCC1. The Morgan fingerprint density at radius 3 is 2.45 bits per heavy atom. The third-order valence-corrected chi connectivity index (χ3v) is 3.87. The summed E-state index contributed by atoms with van der Waals surface area (Å²) in [5.41, 5.74) is 2.41. The first-order valence-electron chi connectivity index (χ1n) is 7.59. The van der Waals surface area contributed by atoms with Gasteiger partial charge in [-0.25, -0.2) is 0 Å². The molecular formula is C17H26N2O. The second-order valence-electron chi connectivity index (χ2n) is 6.59. The lowest BCUT2D eigenvalue weighted by molar-refractivity contribution is -0.130. The summed E-state index contributed by atoms with van der Waals surface area (Å²) in [5.74, 6) is 0.216. The molecule has 0 radical (unpaired) electrons. The van der Waals surface area contributed by atoms with E-state index in [2.05, 4.69) is 44.3 Å². The number of piperidine rings is 1. The first-order valence-corrected chi connectivity index (χ1v) is 7.59. The highest BCUT2D eigenvalue weighted by atomic mass is 16.2. The number of carbonyl (C=O) groups excluding carboxylic acids is 1. The fraction of sp³-hybridized carbons (Fsp3) is 0.588. The normalized spacial score (nSPS) is 16.1. The molecule has 0 saturated carbocycles. The number of hydrogen-bond donors (Lipinski definition) is 1. The fourth-order valence-corrected chi connectivity index (χ4v) is 2.72. The molecular weight excluding hydrogens is 248 g/mol. The summed E-state index contributed by atoms with van der Waals surface area (Å²) in [7, 11) is 0. The van der Waals surface area contributed by atoms with E-state index in [1.165, 1.54) is 12.0 Å². The second kappa shape index (κ2) is 6.29. The zero-order chi connectivity index (χ0) is 14.6. The minimum atomic E-state index is 0.0811. The van der Waals surface area contributed by atoms with Gasteiger partial charge in [0.05, 0.1) is 6.54 Å². The number of benzene rings is 1. The summed E-state index contributed by atoms with van der Waals surface area (Å²) < 4.78 is 0. The Hall–Kier alpha value is -1.51. The van der Waals surface area contributed by atoms with E-state index in [0.717, 1.165) is 31.6 Å². The Kier molecular flexibility index (Phi) is 4.69. The van der Waals surface area contributed by atoms with Gasteiger partial charge in [-0.1, -0.05) is 39.0 Å². The quantitative estimate of drug-likeness (QED) is 0.916. The first-order chi connectivity index (χ1) is 9.48. The fourth-order valence-electron chi connectivity index (χ4n) is 2.72. The van der Waals surface area contributed by atoms with Crippen molar-refractivity contribution in [3.63, 3.8) is 0 Å². The number of hydrogen-bond acceptors (Lipinski definition) is 2. The van der Waals surface area contributed by atoms with Gasteiger partial charge in [-0.05, 0) is 36.3 Å². The van der Waals surface area contributed by atoms with Crippen molar-refractivity contribution < 1.29 is 4.79 Å². The maximum atomic E-state index is 12.2. The van der Waals surface area contributed by atoms with E-state index in [-0.39, 0.29) is 11.3 Å². The van der Waals surface area contributed by atoms with Crippen molar-refractivity contribution in [2.24, 2.45) is 0 Å². The van der Waals surface area contributed by atoms with E-state index >= 15 is 0 Å². The Balaban J connectivity index is 1.98. The molecule has 3 nitrogen and oxygen atoms in total. The lowest BCUT2D eigenvalue weighted by Gasteiger charge is -2.28. The smallest absolute Gasteiger partial charge is 0.241 e. The third-order valence-electron chi connectivity index (χ3n) is 3.87. The lowest BCUT2D eigenvalue weighted by atomic mass is 9.86. The van der Waals surface area contributed by atoms with Crippen LogP contribution in [-0.2, 0) is 10.2 Å². The van der Waals surface area contributed by atoms with Crippen LogP contribution in [-0.4, -0.2) is 30.4 Å². The zero-order valence-electron chi connectivity index (χ0n) is 12.9. The molecule has 0 aliphatic carbocycles. The summed E-state index contributed by atoms with van der Waals surface area (Å²) in [6.07, 6.45) is 3.54. The summed E-state index contributed by atoms with van der Waals surface area (Å²) in [5, 5.41) is 3.33. The molecule has 1 N–H and O–H groups in total. The molecule has 1 aromatic carbocycles. The van der Waals surface area contributed by atoms with Crippen molar-refractivity contribution in [2.75, 3.05) is 25.0 Å². The van der Waals surface area contributed by atoms with Gasteiger partial charge in [0.2, 0.25) is 5.91 Å². The number of para-hydroxylation sites is 1. The van der Waals surface area contributed by atoms with E-state index < -0.39 is 0 Å². The van der Waals surface area contributed by atoms with Gasteiger partial charge in [0.15, 0.2) is 0 Å². The van der Waals surface area contributed by atoms with Crippen molar-refractivity contribution in [3.8, 4) is 0 Å². The van der Waals surface area contributed by atoms with Crippen LogP contribution in [0.1, 0.15) is 45.6 Å². The van der Waals surface area contributed by atoms with Crippen LogP contribution < -0.4 is 5.32 Å². The summed E-state index contributed by atoms with van der Waals surface area (Å²) >= 11 is 0. The first kappa shape index (κ1) is 14.9. The van der Waals surface area contributed by atoms with E-state index in [9.17, 15) is 4.79 Å². The predicted molar refractivity (Wildman–Crippen MR) is 84.1 cm³/mol. The highest BCUT2D eigenvalue weighted by molar-refractivity contribution is 5.81. The highest BCUT2D eigenvalue weighted by Crippen LogP contribution is 2.29.